The van der Waals surface area contributed by atoms with Crippen LogP contribution in [0.1, 0.15) is 28.8 Å². The molecule has 0 amide bonds. The lowest BCUT2D eigenvalue weighted by Crippen LogP contribution is -2.39. The SMILES string of the molecule is COC(=O)c1c(C)cc(N2CCC(F)(F)CC2)cc1F. The minimum absolute atomic E-state index is 0.112. The first-order valence-electron chi connectivity index (χ1n) is 6.35. The smallest absolute Gasteiger partial charge is 0.341 e. The average molecular weight is 287 g/mol. The van der Waals surface area contributed by atoms with Gasteiger partial charge in [-0.1, -0.05) is 0 Å². The molecule has 1 fully saturated rings. The van der Waals surface area contributed by atoms with Crippen LogP contribution in [-0.4, -0.2) is 32.1 Å². The molecule has 0 aliphatic carbocycles. The number of ether oxygens (including phenoxy) is 1. The van der Waals surface area contributed by atoms with Crippen molar-refractivity contribution >= 4 is 11.7 Å². The van der Waals surface area contributed by atoms with Crippen LogP contribution in [0.3, 0.4) is 0 Å². The lowest BCUT2D eigenvalue weighted by Gasteiger charge is -2.33. The summed E-state index contributed by atoms with van der Waals surface area (Å²) in [6.07, 6.45) is -0.487. The maximum Gasteiger partial charge on any atom is 0.341 e. The zero-order valence-electron chi connectivity index (χ0n) is 11.4. The van der Waals surface area contributed by atoms with E-state index in [1.54, 1.807) is 17.9 Å². The number of rotatable bonds is 2. The molecule has 20 heavy (non-hydrogen) atoms. The topological polar surface area (TPSA) is 29.5 Å². The van der Waals surface area contributed by atoms with Crippen molar-refractivity contribution in [3.63, 3.8) is 0 Å². The minimum atomic E-state index is -2.64. The largest absolute Gasteiger partial charge is 0.465 e. The Kier molecular flexibility index (Phi) is 3.92. The van der Waals surface area contributed by atoms with E-state index >= 15 is 0 Å². The molecular formula is C14H16F3NO2. The van der Waals surface area contributed by atoms with Crippen molar-refractivity contribution in [2.75, 3.05) is 25.1 Å². The lowest BCUT2D eigenvalue weighted by molar-refractivity contribution is -0.0220. The Hall–Kier alpha value is -1.72. The third-order valence-corrected chi connectivity index (χ3v) is 3.52. The molecule has 110 valence electrons. The summed E-state index contributed by atoms with van der Waals surface area (Å²) in [7, 11) is 1.18. The average Bonchev–Trinajstić information content (AvgIpc) is 2.37. The molecule has 6 heteroatoms. The lowest BCUT2D eigenvalue weighted by atomic mass is 10.0. The number of methoxy groups -OCH3 is 1. The van der Waals surface area contributed by atoms with Crippen LogP contribution >= 0.6 is 0 Å². The Bertz CT molecular complexity index is 498. The highest BCUT2D eigenvalue weighted by atomic mass is 19.3. The quantitative estimate of drug-likeness (QED) is 0.783. The molecule has 0 saturated carbocycles. The van der Waals surface area contributed by atoms with Gasteiger partial charge >= 0.3 is 5.97 Å². The van der Waals surface area contributed by atoms with Gasteiger partial charge in [0.15, 0.2) is 0 Å². The fourth-order valence-corrected chi connectivity index (χ4v) is 2.36. The number of alkyl halides is 2. The Balaban J connectivity index is 2.25. The van der Waals surface area contributed by atoms with Gasteiger partial charge in [0, 0.05) is 31.6 Å². The van der Waals surface area contributed by atoms with Gasteiger partial charge in [0.05, 0.1) is 12.7 Å². The van der Waals surface area contributed by atoms with E-state index in [-0.39, 0.29) is 31.5 Å². The summed E-state index contributed by atoms with van der Waals surface area (Å²) in [6, 6.07) is 2.82. The standard InChI is InChI=1S/C14H16F3NO2/c1-9-7-10(8-11(15)12(9)13(19)20-2)18-5-3-14(16,17)4-6-18/h7-8H,3-6H2,1-2H3. The Morgan fingerprint density at radius 3 is 2.40 bits per heavy atom. The van der Waals surface area contributed by atoms with Crippen molar-refractivity contribution in [3.8, 4) is 0 Å². The fraction of sp³-hybridized carbons (Fsp3) is 0.500. The van der Waals surface area contributed by atoms with Crippen LogP contribution in [0.2, 0.25) is 0 Å². The molecule has 0 N–H and O–H groups in total. The highest BCUT2D eigenvalue weighted by Crippen LogP contribution is 2.32. The van der Waals surface area contributed by atoms with E-state index in [9.17, 15) is 18.0 Å². The minimum Gasteiger partial charge on any atom is -0.465 e. The number of aryl methyl sites for hydroxylation is 1. The van der Waals surface area contributed by atoms with E-state index in [4.69, 9.17) is 0 Å². The first-order valence-corrected chi connectivity index (χ1v) is 6.35. The second-order valence-corrected chi connectivity index (χ2v) is 4.95. The van der Waals surface area contributed by atoms with Gasteiger partial charge in [-0.2, -0.15) is 0 Å². The molecule has 1 aliphatic heterocycles. The van der Waals surface area contributed by atoms with Crippen molar-refractivity contribution < 1.29 is 22.7 Å². The normalized spacial score (nSPS) is 17.9. The van der Waals surface area contributed by atoms with E-state index < -0.39 is 17.7 Å². The van der Waals surface area contributed by atoms with Gasteiger partial charge in [-0.05, 0) is 24.6 Å². The van der Waals surface area contributed by atoms with Crippen LogP contribution in [0, 0.1) is 12.7 Å². The number of hydrogen-bond acceptors (Lipinski definition) is 3. The van der Waals surface area contributed by atoms with E-state index in [2.05, 4.69) is 4.74 Å². The van der Waals surface area contributed by atoms with Crippen LogP contribution in [0.15, 0.2) is 12.1 Å². The number of piperidine rings is 1. The van der Waals surface area contributed by atoms with Gasteiger partial charge in [-0.15, -0.1) is 0 Å². The molecule has 0 atom stereocenters. The number of esters is 1. The monoisotopic (exact) mass is 287 g/mol. The summed E-state index contributed by atoms with van der Waals surface area (Å²) < 4.78 is 44.7. The van der Waals surface area contributed by atoms with Crippen LogP contribution in [0.5, 0.6) is 0 Å². The number of benzene rings is 1. The molecule has 3 nitrogen and oxygen atoms in total. The maximum absolute atomic E-state index is 14.0. The molecule has 0 aromatic heterocycles. The number of carbonyl (C=O) groups is 1. The number of anilines is 1. The first kappa shape index (κ1) is 14.7. The molecule has 0 bridgehead atoms. The summed E-state index contributed by atoms with van der Waals surface area (Å²) in [6.45, 7) is 1.93. The van der Waals surface area contributed by atoms with Gasteiger partial charge in [0.25, 0.3) is 5.92 Å². The predicted octanol–water partition coefficient (Wildman–Crippen LogP) is 3.16. The molecule has 1 aromatic rings. The van der Waals surface area contributed by atoms with Crippen LogP contribution in [-0.2, 0) is 4.74 Å². The van der Waals surface area contributed by atoms with Crippen molar-refractivity contribution in [1.29, 1.82) is 0 Å². The summed E-state index contributed by atoms with van der Waals surface area (Å²) in [5.74, 6) is -4.07. The second-order valence-electron chi connectivity index (χ2n) is 4.95. The molecule has 1 aromatic carbocycles. The summed E-state index contributed by atoms with van der Waals surface area (Å²) in [5.41, 5.74) is 0.839. The van der Waals surface area contributed by atoms with Crippen LogP contribution in [0.4, 0.5) is 18.9 Å². The van der Waals surface area contributed by atoms with E-state index in [0.29, 0.717) is 11.3 Å². The summed E-state index contributed by atoms with van der Waals surface area (Å²) >= 11 is 0. The molecule has 0 radical (unpaired) electrons. The van der Waals surface area contributed by atoms with Crippen molar-refractivity contribution in [2.45, 2.75) is 25.7 Å². The Morgan fingerprint density at radius 2 is 1.90 bits per heavy atom. The van der Waals surface area contributed by atoms with Crippen LogP contribution < -0.4 is 4.90 Å². The van der Waals surface area contributed by atoms with E-state index in [1.807, 2.05) is 0 Å². The summed E-state index contributed by atoms with van der Waals surface area (Å²) in [5, 5.41) is 0. The fourth-order valence-electron chi connectivity index (χ4n) is 2.36. The molecule has 1 heterocycles. The summed E-state index contributed by atoms with van der Waals surface area (Å²) in [4.78, 5) is 13.2. The highest BCUT2D eigenvalue weighted by molar-refractivity contribution is 5.91. The van der Waals surface area contributed by atoms with Crippen LogP contribution in [0.25, 0.3) is 0 Å². The first-order chi connectivity index (χ1) is 9.34. The van der Waals surface area contributed by atoms with Crippen molar-refractivity contribution in [3.05, 3.63) is 29.1 Å². The molecule has 1 saturated heterocycles. The number of nitrogens with zero attached hydrogens (tertiary/aromatic N) is 1. The van der Waals surface area contributed by atoms with Crippen molar-refractivity contribution in [1.82, 2.24) is 0 Å². The maximum atomic E-state index is 14.0. The van der Waals surface area contributed by atoms with E-state index in [0.717, 1.165) is 0 Å². The zero-order chi connectivity index (χ0) is 14.9. The predicted molar refractivity (Wildman–Crippen MR) is 68.9 cm³/mol. The molecule has 0 spiro atoms. The Morgan fingerprint density at radius 1 is 1.30 bits per heavy atom. The van der Waals surface area contributed by atoms with Gasteiger partial charge in [-0.3, -0.25) is 0 Å². The van der Waals surface area contributed by atoms with Gasteiger partial charge in [0.2, 0.25) is 0 Å². The molecular weight excluding hydrogens is 271 g/mol. The third-order valence-electron chi connectivity index (χ3n) is 3.52. The van der Waals surface area contributed by atoms with Gasteiger partial charge < -0.3 is 9.64 Å². The molecule has 0 unspecified atom stereocenters. The zero-order valence-corrected chi connectivity index (χ0v) is 11.4. The molecule has 1 aliphatic rings. The molecule has 2 rings (SSSR count). The van der Waals surface area contributed by atoms with Gasteiger partial charge in [0.1, 0.15) is 5.82 Å². The van der Waals surface area contributed by atoms with Gasteiger partial charge in [-0.25, -0.2) is 18.0 Å². The van der Waals surface area contributed by atoms with E-state index in [1.165, 1.54) is 13.2 Å². The number of carbonyl (C=O) groups excluding carboxylic acids is 1. The number of halogens is 3. The number of hydrogen-bond donors (Lipinski definition) is 0. The third kappa shape index (κ3) is 2.89. The van der Waals surface area contributed by atoms with Crippen molar-refractivity contribution in [2.24, 2.45) is 0 Å². The Labute approximate surface area is 115 Å². The second kappa shape index (κ2) is 5.34. The highest BCUT2D eigenvalue weighted by Gasteiger charge is 2.34.